The van der Waals surface area contributed by atoms with Gasteiger partial charge in [0.25, 0.3) is 0 Å². The van der Waals surface area contributed by atoms with Crippen molar-refractivity contribution in [1.29, 1.82) is 0 Å². The van der Waals surface area contributed by atoms with Crippen molar-refractivity contribution in [2.75, 3.05) is 0 Å². The fraction of sp³-hybridized carbons (Fsp3) is 0.200. The van der Waals surface area contributed by atoms with Crippen LogP contribution in [0.25, 0.3) is 0 Å². The van der Waals surface area contributed by atoms with Crippen LogP contribution in [0, 0.1) is 32.4 Å². The first-order valence-electron chi connectivity index (χ1n) is 6.18. The van der Waals surface area contributed by atoms with Crippen LogP contribution in [0.1, 0.15) is 16.7 Å². The van der Waals surface area contributed by atoms with E-state index in [9.17, 15) is 17.2 Å². The van der Waals surface area contributed by atoms with E-state index >= 15 is 0 Å². The van der Waals surface area contributed by atoms with Crippen molar-refractivity contribution in [2.24, 2.45) is 0 Å². The quantitative estimate of drug-likeness (QED) is 0.812. The maximum absolute atomic E-state index is 13.2. The lowest BCUT2D eigenvalue weighted by Crippen LogP contribution is -2.12. The van der Waals surface area contributed by atoms with Crippen molar-refractivity contribution >= 4 is 10.1 Å². The molecule has 0 aliphatic heterocycles. The minimum Gasteiger partial charge on any atom is -0.378 e. The Morgan fingerprint density at radius 1 is 0.905 bits per heavy atom. The normalized spacial score (nSPS) is 11.5. The average Bonchev–Trinajstić information content (AvgIpc) is 2.37. The molecular formula is C15H14F2O3S. The molecule has 3 nitrogen and oxygen atoms in total. The molecular weight excluding hydrogens is 298 g/mol. The van der Waals surface area contributed by atoms with Crippen molar-refractivity contribution in [3.05, 3.63) is 58.7 Å². The highest BCUT2D eigenvalue weighted by Crippen LogP contribution is 2.28. The van der Waals surface area contributed by atoms with Crippen LogP contribution in [-0.4, -0.2) is 8.42 Å². The lowest BCUT2D eigenvalue weighted by molar-refractivity contribution is 0.476. The zero-order valence-corrected chi connectivity index (χ0v) is 12.6. The Kier molecular flexibility index (Phi) is 4.00. The smallest absolute Gasteiger partial charge is 0.339 e. The number of halogens is 2. The van der Waals surface area contributed by atoms with E-state index in [2.05, 4.69) is 0 Å². The van der Waals surface area contributed by atoms with Crippen LogP contribution < -0.4 is 4.18 Å². The van der Waals surface area contributed by atoms with E-state index in [0.717, 1.165) is 17.7 Å². The molecule has 0 unspecified atom stereocenters. The first kappa shape index (κ1) is 15.4. The predicted molar refractivity (Wildman–Crippen MR) is 74.8 cm³/mol. The van der Waals surface area contributed by atoms with Gasteiger partial charge in [-0.25, -0.2) is 8.78 Å². The van der Waals surface area contributed by atoms with E-state index in [0.29, 0.717) is 17.2 Å². The predicted octanol–water partition coefficient (Wildman–Crippen LogP) is 3.66. The van der Waals surface area contributed by atoms with Gasteiger partial charge < -0.3 is 4.18 Å². The largest absolute Gasteiger partial charge is 0.378 e. The Morgan fingerprint density at radius 3 is 2.00 bits per heavy atom. The first-order valence-corrected chi connectivity index (χ1v) is 7.59. The van der Waals surface area contributed by atoms with Gasteiger partial charge in [0.05, 0.1) is 0 Å². The minimum absolute atomic E-state index is 0.199. The topological polar surface area (TPSA) is 43.4 Å². The summed E-state index contributed by atoms with van der Waals surface area (Å²) in [5.41, 5.74) is 2.28. The van der Waals surface area contributed by atoms with Crippen LogP contribution in [0.2, 0.25) is 0 Å². The Labute approximate surface area is 122 Å². The molecule has 2 aromatic carbocycles. The molecule has 0 radical (unpaired) electrons. The fourth-order valence-electron chi connectivity index (χ4n) is 2.09. The molecule has 21 heavy (non-hydrogen) atoms. The molecule has 0 bridgehead atoms. The van der Waals surface area contributed by atoms with E-state index in [1.165, 1.54) is 0 Å². The van der Waals surface area contributed by atoms with E-state index < -0.39 is 26.6 Å². The number of benzene rings is 2. The molecule has 0 aliphatic carbocycles. The maximum Gasteiger partial charge on any atom is 0.339 e. The SMILES string of the molecule is Cc1cc(C)c(OS(=O)(=O)c2ccc(F)c(F)c2)c(C)c1. The van der Waals surface area contributed by atoms with Crippen molar-refractivity contribution in [2.45, 2.75) is 25.7 Å². The summed E-state index contributed by atoms with van der Waals surface area (Å²) in [5, 5.41) is 0. The minimum atomic E-state index is -4.22. The highest BCUT2D eigenvalue weighted by atomic mass is 32.2. The van der Waals surface area contributed by atoms with Gasteiger partial charge in [-0.05, 0) is 50.1 Å². The summed E-state index contributed by atoms with van der Waals surface area (Å²) in [7, 11) is -4.22. The summed E-state index contributed by atoms with van der Waals surface area (Å²) in [5.74, 6) is -2.15. The molecule has 2 rings (SSSR count). The van der Waals surface area contributed by atoms with Crippen molar-refractivity contribution in [3.8, 4) is 5.75 Å². The maximum atomic E-state index is 13.2. The fourth-order valence-corrected chi connectivity index (χ4v) is 3.15. The van der Waals surface area contributed by atoms with Crippen LogP contribution in [-0.2, 0) is 10.1 Å². The number of hydrogen-bond donors (Lipinski definition) is 0. The Bertz CT molecular complexity index is 776. The second-order valence-electron chi connectivity index (χ2n) is 4.84. The molecule has 2 aromatic rings. The second kappa shape index (κ2) is 5.44. The number of hydrogen-bond acceptors (Lipinski definition) is 3. The zero-order valence-electron chi connectivity index (χ0n) is 11.8. The third kappa shape index (κ3) is 3.21. The zero-order chi connectivity index (χ0) is 15.8. The summed E-state index contributed by atoms with van der Waals surface area (Å²) in [6.45, 7) is 5.32. The molecule has 0 saturated carbocycles. The molecule has 0 N–H and O–H groups in total. The van der Waals surface area contributed by atoms with Crippen LogP contribution in [0.15, 0.2) is 35.2 Å². The molecule has 0 aliphatic rings. The highest BCUT2D eigenvalue weighted by Gasteiger charge is 2.21. The van der Waals surface area contributed by atoms with E-state index in [-0.39, 0.29) is 5.75 Å². The van der Waals surface area contributed by atoms with Crippen LogP contribution >= 0.6 is 0 Å². The summed E-state index contributed by atoms with van der Waals surface area (Å²) in [4.78, 5) is -0.430. The number of rotatable bonds is 3. The highest BCUT2D eigenvalue weighted by molar-refractivity contribution is 7.87. The van der Waals surface area contributed by atoms with Gasteiger partial charge in [0.2, 0.25) is 0 Å². The van der Waals surface area contributed by atoms with Gasteiger partial charge in [0, 0.05) is 0 Å². The Morgan fingerprint density at radius 2 is 1.48 bits per heavy atom. The molecule has 0 saturated heterocycles. The summed E-state index contributed by atoms with van der Waals surface area (Å²) < 4.78 is 55.4. The van der Waals surface area contributed by atoms with Crippen molar-refractivity contribution in [1.82, 2.24) is 0 Å². The molecule has 6 heteroatoms. The molecule has 0 atom stereocenters. The Hall–Kier alpha value is -1.95. The summed E-state index contributed by atoms with van der Waals surface area (Å²) in [6, 6.07) is 5.88. The lowest BCUT2D eigenvalue weighted by Gasteiger charge is -2.13. The van der Waals surface area contributed by atoms with Gasteiger partial charge >= 0.3 is 10.1 Å². The Balaban J connectivity index is 2.44. The van der Waals surface area contributed by atoms with Gasteiger partial charge in [-0.1, -0.05) is 17.7 Å². The third-order valence-corrected chi connectivity index (χ3v) is 4.19. The molecule has 0 aromatic heterocycles. The monoisotopic (exact) mass is 312 g/mol. The third-order valence-electron chi connectivity index (χ3n) is 2.98. The van der Waals surface area contributed by atoms with Gasteiger partial charge in [0.1, 0.15) is 10.6 Å². The first-order chi connectivity index (χ1) is 9.70. The van der Waals surface area contributed by atoms with Gasteiger partial charge in [0.15, 0.2) is 11.6 Å². The average molecular weight is 312 g/mol. The van der Waals surface area contributed by atoms with E-state index in [1.54, 1.807) is 26.0 Å². The molecule has 112 valence electrons. The molecule has 0 heterocycles. The van der Waals surface area contributed by atoms with E-state index in [1.807, 2.05) is 6.92 Å². The lowest BCUT2D eigenvalue weighted by atomic mass is 10.1. The van der Waals surface area contributed by atoms with Gasteiger partial charge in [-0.15, -0.1) is 0 Å². The number of aryl methyl sites for hydroxylation is 3. The standard InChI is InChI=1S/C15H14F2O3S/c1-9-6-10(2)15(11(3)7-9)20-21(18,19)12-4-5-13(16)14(17)8-12/h4-8H,1-3H3. The summed E-state index contributed by atoms with van der Waals surface area (Å²) in [6.07, 6.45) is 0. The molecule has 0 amide bonds. The molecule has 0 spiro atoms. The van der Waals surface area contributed by atoms with Crippen LogP contribution in [0.5, 0.6) is 5.75 Å². The molecule has 0 fully saturated rings. The second-order valence-corrected chi connectivity index (χ2v) is 6.39. The van der Waals surface area contributed by atoms with Gasteiger partial charge in [-0.2, -0.15) is 8.42 Å². The van der Waals surface area contributed by atoms with E-state index in [4.69, 9.17) is 4.18 Å². The van der Waals surface area contributed by atoms with Crippen LogP contribution in [0.4, 0.5) is 8.78 Å². The van der Waals surface area contributed by atoms with Crippen LogP contribution in [0.3, 0.4) is 0 Å². The van der Waals surface area contributed by atoms with Crippen molar-refractivity contribution < 1.29 is 21.4 Å². The van der Waals surface area contributed by atoms with Crippen molar-refractivity contribution in [3.63, 3.8) is 0 Å². The summed E-state index contributed by atoms with van der Waals surface area (Å²) >= 11 is 0. The van der Waals surface area contributed by atoms with Gasteiger partial charge in [-0.3, -0.25) is 0 Å².